The minimum Gasteiger partial charge on any atom is -0.348 e. The Morgan fingerprint density at radius 3 is 2.46 bits per heavy atom. The van der Waals surface area contributed by atoms with Gasteiger partial charge in [-0.1, -0.05) is 43.3 Å². The summed E-state index contributed by atoms with van der Waals surface area (Å²) in [4.78, 5) is 19.4. The molecular weight excluding hydrogens is 354 g/mol. The summed E-state index contributed by atoms with van der Waals surface area (Å²) in [7, 11) is 0. The Morgan fingerprint density at radius 1 is 1.14 bits per heavy atom. The molecule has 2 aromatic rings. The highest BCUT2D eigenvalue weighted by Gasteiger charge is 2.29. The molecule has 1 aromatic carbocycles. The van der Waals surface area contributed by atoms with Gasteiger partial charge >= 0.3 is 0 Å². The second-order valence-electron chi connectivity index (χ2n) is 8.48. The number of amides is 1. The van der Waals surface area contributed by atoms with Crippen molar-refractivity contribution in [2.45, 2.75) is 45.2 Å². The lowest BCUT2D eigenvalue weighted by Crippen LogP contribution is -3.28. The molecule has 1 aromatic heterocycles. The first kappa shape index (κ1) is 19.1. The predicted octanol–water partition coefficient (Wildman–Crippen LogP) is -0.578. The van der Waals surface area contributed by atoms with Gasteiger partial charge in [0.25, 0.3) is 11.8 Å². The zero-order chi connectivity index (χ0) is 19.5. The normalized spacial score (nSPS) is 22.4. The van der Waals surface area contributed by atoms with Crippen LogP contribution in [-0.2, 0) is 11.3 Å². The van der Waals surface area contributed by atoms with E-state index < -0.39 is 0 Å². The van der Waals surface area contributed by atoms with Crippen molar-refractivity contribution in [2.75, 3.05) is 32.7 Å². The molecule has 0 spiro atoms. The molecule has 0 atom stereocenters. The number of quaternary nitrogens is 2. The van der Waals surface area contributed by atoms with Crippen LogP contribution in [0.25, 0.3) is 11.4 Å². The molecule has 7 nitrogen and oxygen atoms in total. The third-order valence-electron chi connectivity index (χ3n) is 5.72. The van der Waals surface area contributed by atoms with Crippen LogP contribution in [0.1, 0.15) is 44.1 Å². The smallest absolute Gasteiger partial charge is 0.282 e. The summed E-state index contributed by atoms with van der Waals surface area (Å²) in [6, 6.07) is 8.83. The minimum absolute atomic E-state index is 0.200. The molecule has 0 bridgehead atoms. The highest BCUT2D eigenvalue weighted by molar-refractivity contribution is 5.77. The van der Waals surface area contributed by atoms with Gasteiger partial charge in [0.1, 0.15) is 26.2 Å². The Balaban J connectivity index is 1.26. The molecule has 1 saturated heterocycles. The maximum Gasteiger partial charge on any atom is 0.282 e. The summed E-state index contributed by atoms with van der Waals surface area (Å²) in [5.74, 6) is 2.06. The topological polar surface area (TPSA) is 76.9 Å². The molecule has 0 radical (unpaired) electrons. The zero-order valence-electron chi connectivity index (χ0n) is 16.8. The van der Waals surface area contributed by atoms with Crippen LogP contribution in [0.4, 0.5) is 0 Å². The molecule has 1 aliphatic carbocycles. The van der Waals surface area contributed by atoms with Crippen molar-refractivity contribution in [1.82, 2.24) is 15.5 Å². The van der Waals surface area contributed by atoms with Crippen molar-refractivity contribution in [1.29, 1.82) is 0 Å². The summed E-state index contributed by atoms with van der Waals surface area (Å²) >= 11 is 0. The standard InChI is InChI=1S/C21H29N5O2/c1-15(2)16-3-5-17(6-4-16)21-23-20(28-24-21)14-26-11-9-25(10-12-26)13-19(27)22-18-7-8-18/h3-6,15,18H,7-14H2,1-2H3,(H,22,27)/p+2. The van der Waals surface area contributed by atoms with Crippen LogP contribution in [0, 0.1) is 0 Å². The lowest BCUT2D eigenvalue weighted by atomic mass is 10.0. The van der Waals surface area contributed by atoms with E-state index in [1.165, 1.54) is 15.4 Å². The Labute approximate surface area is 166 Å². The van der Waals surface area contributed by atoms with Crippen LogP contribution >= 0.6 is 0 Å². The van der Waals surface area contributed by atoms with Crippen LogP contribution < -0.4 is 15.1 Å². The van der Waals surface area contributed by atoms with Crippen molar-refractivity contribution in [3.8, 4) is 11.4 Å². The first-order chi connectivity index (χ1) is 13.6. The van der Waals surface area contributed by atoms with Crippen LogP contribution in [0.2, 0.25) is 0 Å². The predicted molar refractivity (Wildman–Crippen MR) is 105 cm³/mol. The first-order valence-corrected chi connectivity index (χ1v) is 10.5. The second-order valence-corrected chi connectivity index (χ2v) is 8.48. The van der Waals surface area contributed by atoms with E-state index in [0.717, 1.165) is 51.1 Å². The fraction of sp³-hybridized carbons (Fsp3) is 0.571. The molecule has 1 aliphatic heterocycles. The molecule has 28 heavy (non-hydrogen) atoms. The van der Waals surface area contributed by atoms with Gasteiger partial charge in [0.05, 0.1) is 0 Å². The fourth-order valence-corrected chi connectivity index (χ4v) is 3.72. The van der Waals surface area contributed by atoms with Gasteiger partial charge in [0, 0.05) is 11.6 Å². The third-order valence-corrected chi connectivity index (χ3v) is 5.72. The molecule has 3 N–H and O–H groups in total. The van der Waals surface area contributed by atoms with E-state index in [0.29, 0.717) is 30.2 Å². The average molecular weight is 386 g/mol. The van der Waals surface area contributed by atoms with Gasteiger partial charge in [-0.25, -0.2) is 0 Å². The van der Waals surface area contributed by atoms with E-state index in [9.17, 15) is 4.79 Å². The molecule has 7 heteroatoms. The van der Waals surface area contributed by atoms with E-state index >= 15 is 0 Å². The molecule has 2 fully saturated rings. The van der Waals surface area contributed by atoms with E-state index in [2.05, 4.69) is 53.6 Å². The van der Waals surface area contributed by atoms with E-state index in [-0.39, 0.29) is 5.91 Å². The van der Waals surface area contributed by atoms with Gasteiger partial charge < -0.3 is 19.6 Å². The van der Waals surface area contributed by atoms with E-state index in [4.69, 9.17) is 4.52 Å². The van der Waals surface area contributed by atoms with Gasteiger partial charge in [-0.05, 0) is 24.3 Å². The third kappa shape index (κ3) is 4.97. The highest BCUT2D eigenvalue weighted by atomic mass is 16.5. The number of benzene rings is 1. The van der Waals surface area contributed by atoms with Gasteiger partial charge in [-0.15, -0.1) is 0 Å². The number of nitrogens with zero attached hydrogens (tertiary/aromatic N) is 2. The van der Waals surface area contributed by atoms with Crippen molar-refractivity contribution >= 4 is 5.91 Å². The van der Waals surface area contributed by atoms with Crippen molar-refractivity contribution in [2.24, 2.45) is 0 Å². The van der Waals surface area contributed by atoms with E-state index in [1.807, 2.05) is 0 Å². The van der Waals surface area contributed by atoms with Crippen molar-refractivity contribution in [3.05, 3.63) is 35.7 Å². The number of piperazine rings is 1. The Kier molecular flexibility index (Phi) is 5.73. The molecule has 0 unspecified atom stereocenters. The summed E-state index contributed by atoms with van der Waals surface area (Å²) in [5, 5.41) is 7.24. The number of hydrogen-bond acceptors (Lipinski definition) is 4. The molecule has 1 saturated carbocycles. The lowest BCUT2D eigenvalue weighted by molar-refractivity contribution is -1.02. The lowest BCUT2D eigenvalue weighted by Gasteiger charge is -2.28. The maximum absolute atomic E-state index is 12.0. The monoisotopic (exact) mass is 385 g/mol. The number of nitrogens with one attached hydrogen (secondary N) is 3. The molecular formula is C21H31N5O2+2. The van der Waals surface area contributed by atoms with Gasteiger partial charge in [-0.2, -0.15) is 4.98 Å². The molecule has 1 amide bonds. The molecule has 2 aliphatic rings. The fourth-order valence-electron chi connectivity index (χ4n) is 3.72. The summed E-state index contributed by atoms with van der Waals surface area (Å²) < 4.78 is 5.49. The minimum atomic E-state index is 0.200. The number of carbonyl (C=O) groups excluding carboxylic acids is 1. The van der Waals surface area contributed by atoms with Crippen LogP contribution in [0.15, 0.2) is 28.8 Å². The Bertz CT molecular complexity index is 789. The maximum atomic E-state index is 12.0. The van der Waals surface area contributed by atoms with Crippen LogP contribution in [0.3, 0.4) is 0 Å². The van der Waals surface area contributed by atoms with Crippen LogP contribution in [0.5, 0.6) is 0 Å². The largest absolute Gasteiger partial charge is 0.348 e. The van der Waals surface area contributed by atoms with Crippen LogP contribution in [-0.4, -0.2) is 54.8 Å². The van der Waals surface area contributed by atoms with Crippen molar-refractivity contribution < 1.29 is 19.1 Å². The highest BCUT2D eigenvalue weighted by Crippen LogP contribution is 2.20. The first-order valence-electron chi connectivity index (χ1n) is 10.5. The number of carbonyl (C=O) groups is 1. The van der Waals surface area contributed by atoms with Gasteiger partial charge in [0.15, 0.2) is 13.1 Å². The van der Waals surface area contributed by atoms with E-state index in [1.54, 1.807) is 0 Å². The van der Waals surface area contributed by atoms with Crippen molar-refractivity contribution in [3.63, 3.8) is 0 Å². The Hall–Kier alpha value is -2.25. The molecule has 150 valence electrons. The quantitative estimate of drug-likeness (QED) is 0.596. The van der Waals surface area contributed by atoms with Gasteiger partial charge in [0.2, 0.25) is 5.82 Å². The Morgan fingerprint density at radius 2 is 1.82 bits per heavy atom. The zero-order valence-corrected chi connectivity index (χ0v) is 16.8. The SMILES string of the molecule is CC(C)c1ccc(-c2noc(C[NH+]3CC[NH+](CC(=O)NC4CC4)CC3)n2)cc1. The average Bonchev–Trinajstić information content (AvgIpc) is 3.38. The number of aromatic nitrogens is 2. The second kappa shape index (κ2) is 8.41. The summed E-state index contributed by atoms with van der Waals surface area (Å²) in [6.45, 7) is 9.77. The molecule has 2 heterocycles. The molecule has 4 rings (SSSR count). The van der Waals surface area contributed by atoms with Gasteiger partial charge in [-0.3, -0.25) is 4.79 Å². The summed E-state index contributed by atoms with van der Waals surface area (Å²) in [6.07, 6.45) is 2.29. The number of hydrogen-bond donors (Lipinski definition) is 3. The number of rotatable bonds is 7. The summed E-state index contributed by atoms with van der Waals surface area (Å²) in [5.41, 5.74) is 2.30.